The van der Waals surface area contributed by atoms with Crippen LogP contribution >= 0.6 is 11.3 Å². The van der Waals surface area contributed by atoms with Crippen LogP contribution in [0, 0.1) is 0 Å². The first kappa shape index (κ1) is 9.47. The van der Waals surface area contributed by atoms with Crippen LogP contribution in [0.1, 0.15) is 6.92 Å². The highest BCUT2D eigenvalue weighted by Crippen LogP contribution is 2.23. The number of nitrogens with zero attached hydrogens (tertiary/aromatic N) is 3. The molecule has 0 radical (unpaired) electrons. The molecule has 2 aromatic rings. The molecule has 0 amide bonds. The number of sulfone groups is 1. The summed E-state index contributed by atoms with van der Waals surface area (Å²) >= 11 is 1.08. The number of aromatic nitrogens is 3. The summed E-state index contributed by atoms with van der Waals surface area (Å²) in [4.78, 5) is 12.3. The van der Waals surface area contributed by atoms with Crippen molar-refractivity contribution in [3.05, 3.63) is 12.5 Å². The third kappa shape index (κ3) is 1.48. The molecular weight excluding hydrogens is 222 g/mol. The highest BCUT2D eigenvalue weighted by Gasteiger charge is 2.17. The number of rotatable bonds is 2. The molecule has 0 bridgehead atoms. The Balaban J connectivity index is 2.67. The van der Waals surface area contributed by atoms with Crippen molar-refractivity contribution in [2.24, 2.45) is 0 Å². The van der Waals surface area contributed by atoms with Crippen molar-refractivity contribution in [1.29, 1.82) is 0 Å². The molecule has 0 spiro atoms. The molecule has 0 aliphatic heterocycles. The molecule has 0 aliphatic rings. The lowest BCUT2D eigenvalue weighted by Gasteiger charge is -1.91. The van der Waals surface area contributed by atoms with Gasteiger partial charge in [0.05, 0.1) is 11.9 Å². The minimum absolute atomic E-state index is 0.0558. The lowest BCUT2D eigenvalue weighted by atomic mass is 10.6. The molecule has 2 heterocycles. The van der Waals surface area contributed by atoms with Crippen LogP contribution in [0.25, 0.3) is 10.3 Å². The normalized spacial score (nSPS) is 12.1. The summed E-state index contributed by atoms with van der Waals surface area (Å²) in [5.74, 6) is 0.0558. The lowest BCUT2D eigenvalue weighted by molar-refractivity contribution is 0.596. The van der Waals surface area contributed by atoms with E-state index in [4.69, 9.17) is 0 Å². The van der Waals surface area contributed by atoms with E-state index in [1.165, 1.54) is 12.5 Å². The Morgan fingerprint density at radius 1 is 1.50 bits per heavy atom. The standard InChI is InChI=1S/C7H7N3O2S2/c1-2-14(11,12)7-10-5-3-8-4-9-6(5)13-7/h3-4H,2H2,1H3. The molecule has 0 saturated carbocycles. The molecule has 0 saturated heterocycles. The van der Waals surface area contributed by atoms with E-state index < -0.39 is 9.84 Å². The first-order valence-electron chi connectivity index (χ1n) is 3.93. The van der Waals surface area contributed by atoms with E-state index in [0.29, 0.717) is 10.3 Å². The van der Waals surface area contributed by atoms with Gasteiger partial charge in [0.2, 0.25) is 14.2 Å². The van der Waals surface area contributed by atoms with Crippen LogP contribution in [-0.2, 0) is 9.84 Å². The van der Waals surface area contributed by atoms with Crippen molar-refractivity contribution in [2.45, 2.75) is 11.3 Å². The molecule has 0 aliphatic carbocycles. The molecule has 7 heteroatoms. The highest BCUT2D eigenvalue weighted by atomic mass is 32.2. The minimum atomic E-state index is -3.22. The number of hydrogen-bond acceptors (Lipinski definition) is 6. The van der Waals surface area contributed by atoms with Crippen LogP contribution < -0.4 is 0 Å². The molecule has 0 N–H and O–H groups in total. The molecule has 74 valence electrons. The zero-order chi connectivity index (χ0) is 10.2. The van der Waals surface area contributed by atoms with Crippen molar-refractivity contribution in [1.82, 2.24) is 15.0 Å². The fraction of sp³-hybridized carbons (Fsp3) is 0.286. The van der Waals surface area contributed by atoms with Gasteiger partial charge in [0.1, 0.15) is 16.7 Å². The average molecular weight is 229 g/mol. The minimum Gasteiger partial charge on any atom is -0.242 e. The molecule has 14 heavy (non-hydrogen) atoms. The van der Waals surface area contributed by atoms with Crippen molar-refractivity contribution in [3.8, 4) is 0 Å². The second-order valence-corrected chi connectivity index (χ2v) is 6.03. The highest BCUT2D eigenvalue weighted by molar-refractivity contribution is 7.93. The van der Waals surface area contributed by atoms with Crippen LogP contribution in [0.5, 0.6) is 0 Å². The van der Waals surface area contributed by atoms with Gasteiger partial charge in [-0.2, -0.15) is 0 Å². The van der Waals surface area contributed by atoms with E-state index in [9.17, 15) is 8.42 Å². The van der Waals surface area contributed by atoms with Crippen LogP contribution in [0.3, 0.4) is 0 Å². The first-order chi connectivity index (χ1) is 6.63. The average Bonchev–Trinajstić information content (AvgIpc) is 2.61. The second kappa shape index (κ2) is 3.25. The van der Waals surface area contributed by atoms with E-state index in [1.807, 2.05) is 0 Å². The number of thiazole rings is 1. The van der Waals surface area contributed by atoms with Crippen molar-refractivity contribution >= 4 is 31.5 Å². The van der Waals surface area contributed by atoms with Gasteiger partial charge in [0.15, 0.2) is 0 Å². The van der Waals surface area contributed by atoms with Gasteiger partial charge in [-0.25, -0.2) is 23.4 Å². The fourth-order valence-corrected chi connectivity index (χ4v) is 3.12. The zero-order valence-electron chi connectivity index (χ0n) is 7.34. The largest absolute Gasteiger partial charge is 0.242 e. The molecule has 0 aromatic carbocycles. The molecule has 5 nitrogen and oxygen atoms in total. The maximum Gasteiger partial charge on any atom is 0.211 e. The Morgan fingerprint density at radius 2 is 2.29 bits per heavy atom. The molecule has 2 rings (SSSR count). The summed E-state index contributed by atoms with van der Waals surface area (Å²) in [5, 5.41) is 0. The molecule has 0 unspecified atom stereocenters. The molecular formula is C7H7N3O2S2. The Kier molecular flexibility index (Phi) is 2.20. The Labute approximate surface area is 84.8 Å². The van der Waals surface area contributed by atoms with Crippen LogP contribution in [0.4, 0.5) is 0 Å². The summed E-state index contributed by atoms with van der Waals surface area (Å²) in [6.07, 6.45) is 2.89. The smallest absolute Gasteiger partial charge is 0.211 e. The van der Waals surface area contributed by atoms with Crippen LogP contribution in [0.15, 0.2) is 16.9 Å². The number of hydrogen-bond donors (Lipinski definition) is 0. The molecule has 0 atom stereocenters. The van der Waals surface area contributed by atoms with E-state index in [-0.39, 0.29) is 10.1 Å². The third-order valence-corrected chi connectivity index (χ3v) is 4.87. The third-order valence-electron chi connectivity index (χ3n) is 1.70. The van der Waals surface area contributed by atoms with Gasteiger partial charge in [-0.3, -0.25) is 0 Å². The molecule has 2 aromatic heterocycles. The van der Waals surface area contributed by atoms with Gasteiger partial charge < -0.3 is 0 Å². The van der Waals surface area contributed by atoms with Crippen LogP contribution in [0.2, 0.25) is 0 Å². The quantitative estimate of drug-likeness (QED) is 0.764. The summed E-state index contributed by atoms with van der Waals surface area (Å²) in [7, 11) is -3.22. The zero-order valence-corrected chi connectivity index (χ0v) is 8.97. The fourth-order valence-electron chi connectivity index (χ4n) is 0.927. The van der Waals surface area contributed by atoms with E-state index in [1.54, 1.807) is 6.92 Å². The van der Waals surface area contributed by atoms with Gasteiger partial charge in [-0.1, -0.05) is 18.3 Å². The first-order valence-corrected chi connectivity index (χ1v) is 6.39. The van der Waals surface area contributed by atoms with Gasteiger partial charge >= 0.3 is 0 Å². The molecule has 0 fully saturated rings. The van der Waals surface area contributed by atoms with Crippen molar-refractivity contribution in [3.63, 3.8) is 0 Å². The maximum absolute atomic E-state index is 11.5. The Morgan fingerprint density at radius 3 is 2.93 bits per heavy atom. The lowest BCUT2D eigenvalue weighted by Crippen LogP contribution is -2.02. The summed E-state index contributed by atoms with van der Waals surface area (Å²) in [6.45, 7) is 1.59. The SMILES string of the molecule is CCS(=O)(=O)c1nc2cncnc2s1. The van der Waals surface area contributed by atoms with Crippen LogP contribution in [-0.4, -0.2) is 29.1 Å². The topological polar surface area (TPSA) is 72.8 Å². The monoisotopic (exact) mass is 229 g/mol. The summed E-state index contributed by atoms with van der Waals surface area (Å²) in [5.41, 5.74) is 0.532. The van der Waals surface area contributed by atoms with Crippen molar-refractivity contribution in [2.75, 3.05) is 5.75 Å². The van der Waals surface area contributed by atoms with E-state index >= 15 is 0 Å². The van der Waals surface area contributed by atoms with Crippen molar-refractivity contribution < 1.29 is 8.42 Å². The van der Waals surface area contributed by atoms with Gasteiger partial charge in [-0.15, -0.1) is 0 Å². The predicted molar refractivity (Wildman–Crippen MR) is 52.9 cm³/mol. The van der Waals surface area contributed by atoms with Gasteiger partial charge in [0.25, 0.3) is 0 Å². The van der Waals surface area contributed by atoms with Gasteiger partial charge in [0, 0.05) is 0 Å². The maximum atomic E-state index is 11.5. The Bertz CT molecular complexity index is 528. The summed E-state index contributed by atoms with van der Waals surface area (Å²) in [6, 6.07) is 0. The van der Waals surface area contributed by atoms with Gasteiger partial charge in [-0.05, 0) is 0 Å². The number of fused-ring (bicyclic) bond motifs is 1. The van der Waals surface area contributed by atoms with E-state index in [0.717, 1.165) is 11.3 Å². The van der Waals surface area contributed by atoms with E-state index in [2.05, 4.69) is 15.0 Å². The second-order valence-electron chi connectivity index (χ2n) is 2.60. The Hall–Kier alpha value is -1.08. The summed E-state index contributed by atoms with van der Waals surface area (Å²) < 4.78 is 23.1. The predicted octanol–water partition coefficient (Wildman–Crippen LogP) is 0.880.